The lowest BCUT2D eigenvalue weighted by molar-refractivity contribution is -0.140. The summed E-state index contributed by atoms with van der Waals surface area (Å²) in [5, 5.41) is 5.53. The Morgan fingerprint density at radius 3 is 2.30 bits per heavy atom. The van der Waals surface area contributed by atoms with E-state index in [-0.39, 0.29) is 24.4 Å². The van der Waals surface area contributed by atoms with Crippen molar-refractivity contribution in [1.82, 2.24) is 15.5 Å². The van der Waals surface area contributed by atoms with E-state index in [1.165, 1.54) is 0 Å². The number of hydrogen-bond acceptors (Lipinski definition) is 4. The van der Waals surface area contributed by atoms with E-state index in [0.29, 0.717) is 6.54 Å². The second-order valence-corrected chi connectivity index (χ2v) is 9.93. The molecule has 1 aromatic rings. The van der Waals surface area contributed by atoms with Crippen LogP contribution < -0.4 is 10.6 Å². The van der Waals surface area contributed by atoms with E-state index >= 15 is 0 Å². The number of amides is 3. The summed E-state index contributed by atoms with van der Waals surface area (Å²) in [6, 6.07) is 5.09. The molecule has 33 heavy (non-hydrogen) atoms. The van der Waals surface area contributed by atoms with Crippen molar-refractivity contribution >= 4 is 17.9 Å². The Morgan fingerprint density at radius 2 is 1.73 bits per heavy atom. The summed E-state index contributed by atoms with van der Waals surface area (Å²) in [4.78, 5) is 40.4. The molecule has 1 aromatic carbocycles. The van der Waals surface area contributed by atoms with Crippen molar-refractivity contribution in [3.05, 3.63) is 34.9 Å². The smallest absolute Gasteiger partial charge is 0.408 e. The predicted molar refractivity (Wildman–Crippen MR) is 132 cm³/mol. The molecular weight excluding hydrogens is 418 g/mol. The molecule has 0 heterocycles. The highest BCUT2D eigenvalue weighted by Crippen LogP contribution is 2.27. The van der Waals surface area contributed by atoms with Crippen LogP contribution in [-0.2, 0) is 14.3 Å². The van der Waals surface area contributed by atoms with Gasteiger partial charge in [0.25, 0.3) is 0 Å². The van der Waals surface area contributed by atoms with Crippen LogP contribution in [0.4, 0.5) is 4.79 Å². The maximum absolute atomic E-state index is 13.4. The molecule has 7 heteroatoms. The van der Waals surface area contributed by atoms with E-state index in [2.05, 4.69) is 17.6 Å². The monoisotopic (exact) mass is 461 g/mol. The predicted octanol–water partition coefficient (Wildman–Crippen LogP) is 4.80. The van der Waals surface area contributed by atoms with Crippen molar-refractivity contribution in [3.8, 4) is 0 Å². The van der Waals surface area contributed by atoms with E-state index < -0.39 is 17.7 Å². The van der Waals surface area contributed by atoms with Crippen LogP contribution in [0.1, 0.15) is 90.0 Å². The third-order valence-corrected chi connectivity index (χ3v) is 5.08. The SMILES string of the molecule is CCCCCCN(C(=O)CNC(=O)OC(C)(C)C)C(C(=O)NC(C)C)c1cc(C)ccc1C. The lowest BCUT2D eigenvalue weighted by Gasteiger charge is -2.33. The summed E-state index contributed by atoms with van der Waals surface area (Å²) < 4.78 is 5.26. The number of nitrogens with zero attached hydrogens (tertiary/aromatic N) is 1. The van der Waals surface area contributed by atoms with Gasteiger partial charge in [-0.2, -0.15) is 0 Å². The van der Waals surface area contributed by atoms with Gasteiger partial charge in [-0.1, -0.05) is 49.9 Å². The molecule has 0 aliphatic carbocycles. The molecule has 0 saturated carbocycles. The highest BCUT2D eigenvalue weighted by atomic mass is 16.6. The number of aryl methyl sites for hydroxylation is 2. The van der Waals surface area contributed by atoms with Crippen molar-refractivity contribution in [2.45, 2.75) is 98.8 Å². The summed E-state index contributed by atoms with van der Waals surface area (Å²) in [5.41, 5.74) is 2.10. The Morgan fingerprint density at radius 1 is 1.06 bits per heavy atom. The summed E-state index contributed by atoms with van der Waals surface area (Å²) in [7, 11) is 0. The highest BCUT2D eigenvalue weighted by molar-refractivity contribution is 5.90. The molecule has 0 radical (unpaired) electrons. The molecule has 3 amide bonds. The van der Waals surface area contributed by atoms with Crippen molar-refractivity contribution in [2.24, 2.45) is 0 Å². The second-order valence-electron chi connectivity index (χ2n) is 9.93. The first-order valence-electron chi connectivity index (χ1n) is 12.0. The molecule has 1 rings (SSSR count). The first-order chi connectivity index (χ1) is 15.4. The quantitative estimate of drug-likeness (QED) is 0.463. The minimum Gasteiger partial charge on any atom is -0.444 e. The summed E-state index contributed by atoms with van der Waals surface area (Å²) in [5.74, 6) is -0.540. The number of carbonyl (C=O) groups is 3. The zero-order chi connectivity index (χ0) is 25.2. The van der Waals surface area contributed by atoms with E-state index in [1.54, 1.807) is 25.7 Å². The normalized spacial score (nSPS) is 12.3. The topological polar surface area (TPSA) is 87.7 Å². The fourth-order valence-electron chi connectivity index (χ4n) is 3.54. The van der Waals surface area contributed by atoms with Crippen LogP contribution in [0, 0.1) is 13.8 Å². The number of benzene rings is 1. The van der Waals surface area contributed by atoms with Gasteiger partial charge in [-0.3, -0.25) is 9.59 Å². The molecule has 0 aromatic heterocycles. The lowest BCUT2D eigenvalue weighted by atomic mass is 9.96. The number of ether oxygens (including phenoxy) is 1. The molecule has 2 N–H and O–H groups in total. The maximum atomic E-state index is 13.4. The summed E-state index contributed by atoms with van der Waals surface area (Å²) in [6.45, 7) is 15.3. The van der Waals surface area contributed by atoms with Crippen molar-refractivity contribution in [2.75, 3.05) is 13.1 Å². The van der Waals surface area contributed by atoms with Crippen molar-refractivity contribution in [1.29, 1.82) is 0 Å². The number of unbranched alkanes of at least 4 members (excludes halogenated alkanes) is 3. The van der Waals surface area contributed by atoms with E-state index in [9.17, 15) is 14.4 Å². The molecule has 1 unspecified atom stereocenters. The van der Waals surface area contributed by atoms with Crippen molar-refractivity contribution in [3.63, 3.8) is 0 Å². The molecule has 0 fully saturated rings. The number of rotatable bonds is 11. The Kier molecular flexibility index (Phi) is 11.4. The van der Waals surface area contributed by atoms with Gasteiger partial charge in [0, 0.05) is 12.6 Å². The van der Waals surface area contributed by atoms with Gasteiger partial charge in [-0.25, -0.2) is 4.79 Å². The van der Waals surface area contributed by atoms with Gasteiger partial charge in [0.05, 0.1) is 0 Å². The van der Waals surface area contributed by atoms with Gasteiger partial charge >= 0.3 is 6.09 Å². The lowest BCUT2D eigenvalue weighted by Crippen LogP contribution is -2.49. The fraction of sp³-hybridized carbons (Fsp3) is 0.654. The molecule has 186 valence electrons. The molecule has 0 aliphatic heterocycles. The van der Waals surface area contributed by atoms with Crippen LogP contribution in [0.3, 0.4) is 0 Å². The molecule has 0 spiro atoms. The average molecular weight is 462 g/mol. The first kappa shape index (κ1) is 28.5. The third kappa shape index (κ3) is 10.3. The number of hydrogen-bond donors (Lipinski definition) is 2. The molecule has 0 saturated heterocycles. The Labute approximate surface area is 199 Å². The minimum atomic E-state index is -0.776. The third-order valence-electron chi connectivity index (χ3n) is 5.08. The second kappa shape index (κ2) is 13.2. The Hall–Kier alpha value is -2.57. The van der Waals surface area contributed by atoms with Gasteiger partial charge in [-0.05, 0) is 66.0 Å². The van der Waals surface area contributed by atoms with Gasteiger partial charge in [0.15, 0.2) is 0 Å². The Bertz CT molecular complexity index is 799. The Balaban J connectivity index is 3.26. The van der Waals surface area contributed by atoms with E-state index in [4.69, 9.17) is 4.74 Å². The maximum Gasteiger partial charge on any atom is 0.408 e. The van der Waals surface area contributed by atoms with Crippen LogP contribution in [0.15, 0.2) is 18.2 Å². The van der Waals surface area contributed by atoms with E-state index in [0.717, 1.165) is 42.4 Å². The van der Waals surface area contributed by atoms with Gasteiger partial charge in [0.1, 0.15) is 18.2 Å². The largest absolute Gasteiger partial charge is 0.444 e. The van der Waals surface area contributed by atoms with Gasteiger partial charge < -0.3 is 20.3 Å². The zero-order valence-corrected chi connectivity index (χ0v) is 21.7. The van der Waals surface area contributed by atoms with Crippen LogP contribution in [0.25, 0.3) is 0 Å². The number of nitrogens with one attached hydrogen (secondary N) is 2. The fourth-order valence-corrected chi connectivity index (χ4v) is 3.54. The van der Waals surface area contributed by atoms with Gasteiger partial charge in [-0.15, -0.1) is 0 Å². The number of carbonyl (C=O) groups excluding carboxylic acids is 3. The van der Waals surface area contributed by atoms with Gasteiger partial charge in [0.2, 0.25) is 11.8 Å². The first-order valence-corrected chi connectivity index (χ1v) is 12.0. The standard InChI is InChI=1S/C26H43N3O4/c1-9-10-11-12-15-29(22(30)17-27-25(32)33-26(6,7)8)23(24(31)28-18(2)3)21-16-19(4)13-14-20(21)5/h13-14,16,18,23H,9-12,15,17H2,1-8H3,(H,27,32)(H,28,31). The summed E-state index contributed by atoms with van der Waals surface area (Å²) >= 11 is 0. The average Bonchev–Trinajstić information content (AvgIpc) is 2.68. The highest BCUT2D eigenvalue weighted by Gasteiger charge is 2.33. The molecule has 0 aliphatic rings. The van der Waals surface area contributed by atoms with Crippen LogP contribution in [0.5, 0.6) is 0 Å². The van der Waals surface area contributed by atoms with Crippen LogP contribution >= 0.6 is 0 Å². The number of alkyl carbamates (subject to hydrolysis) is 1. The molecule has 7 nitrogen and oxygen atoms in total. The molecule has 0 bridgehead atoms. The van der Waals surface area contributed by atoms with Crippen LogP contribution in [-0.4, -0.2) is 47.5 Å². The summed E-state index contributed by atoms with van der Waals surface area (Å²) in [6.07, 6.45) is 3.22. The molecule has 1 atom stereocenters. The zero-order valence-electron chi connectivity index (χ0n) is 21.7. The minimum absolute atomic E-state index is 0.0675. The molecular formula is C26H43N3O4. The van der Waals surface area contributed by atoms with Crippen molar-refractivity contribution < 1.29 is 19.1 Å². The van der Waals surface area contributed by atoms with E-state index in [1.807, 2.05) is 45.9 Å². The van der Waals surface area contributed by atoms with Crippen LogP contribution in [0.2, 0.25) is 0 Å².